The van der Waals surface area contributed by atoms with Gasteiger partial charge in [-0.05, 0) is 75.4 Å². The van der Waals surface area contributed by atoms with Gasteiger partial charge in [0.25, 0.3) is 0 Å². The molecule has 0 spiro atoms. The van der Waals surface area contributed by atoms with E-state index in [0.717, 1.165) is 37.1 Å². The van der Waals surface area contributed by atoms with E-state index in [1.165, 1.54) is 36.6 Å². The Kier molecular flexibility index (Phi) is 30.5. The molecule has 2 aromatic carbocycles. The molecule has 2 aromatic rings. The van der Waals surface area contributed by atoms with Crippen molar-refractivity contribution in [2.75, 3.05) is 14.1 Å². The van der Waals surface area contributed by atoms with Crippen molar-refractivity contribution in [3.05, 3.63) is 109 Å². The fourth-order valence-electron chi connectivity index (χ4n) is 2.87. The molecule has 2 rings (SSSR count). The van der Waals surface area contributed by atoms with Gasteiger partial charge in [0.05, 0.1) is 0 Å². The minimum absolute atomic E-state index is 0.435. The van der Waals surface area contributed by atoms with Crippen molar-refractivity contribution in [3.8, 4) is 0 Å². The average Bonchev–Trinajstić information content (AvgIpc) is 2.86. The molecule has 1 atom stereocenters. The Morgan fingerprint density at radius 3 is 1.46 bits per heavy atom. The van der Waals surface area contributed by atoms with Crippen LogP contribution in [0.2, 0.25) is 0 Å². The smallest absolute Gasteiger partial charge is 0.00391 e. The predicted octanol–water partition coefficient (Wildman–Crippen LogP) is 7.58. The molecule has 0 fully saturated rings. The van der Waals surface area contributed by atoms with Gasteiger partial charge in [-0.3, -0.25) is 0 Å². The first-order chi connectivity index (χ1) is 17.6. The molecule has 4 nitrogen and oxygen atoms in total. The number of aryl methyl sites for hydroxylation is 2. The van der Waals surface area contributed by atoms with E-state index in [1.54, 1.807) is 0 Å². The second-order valence-electron chi connectivity index (χ2n) is 9.20. The van der Waals surface area contributed by atoms with Gasteiger partial charge in [-0.25, -0.2) is 0 Å². The third kappa shape index (κ3) is 29.1. The number of allylic oxidation sites excluding steroid dienone is 2. The van der Waals surface area contributed by atoms with Crippen molar-refractivity contribution in [3.63, 3.8) is 0 Å². The van der Waals surface area contributed by atoms with Crippen LogP contribution in [0.1, 0.15) is 70.9 Å². The zero-order valence-electron chi connectivity index (χ0n) is 24.8. The second-order valence-corrected chi connectivity index (χ2v) is 9.20. The maximum Gasteiger partial charge on any atom is 0.00391 e. The van der Waals surface area contributed by atoms with Crippen LogP contribution in [0.15, 0.2) is 98.0 Å². The van der Waals surface area contributed by atoms with Gasteiger partial charge in [-0.1, -0.05) is 121 Å². The quantitative estimate of drug-likeness (QED) is 0.248. The SMILES string of the molecule is C=C(N)C(C)C.C=C(N)C(CCCCc1ccccc1)CCc1ccccc1.C=CN.CCC.CNC. The van der Waals surface area contributed by atoms with E-state index in [-0.39, 0.29) is 0 Å². The highest BCUT2D eigenvalue weighted by atomic mass is 14.7. The van der Waals surface area contributed by atoms with Gasteiger partial charge in [0.15, 0.2) is 0 Å². The number of hydrogen-bond donors (Lipinski definition) is 4. The Morgan fingerprint density at radius 1 is 0.784 bits per heavy atom. The van der Waals surface area contributed by atoms with E-state index in [2.05, 4.69) is 105 Å². The molecule has 0 aromatic heterocycles. The molecule has 0 saturated carbocycles. The number of nitrogens with two attached hydrogens (primary N) is 3. The minimum Gasteiger partial charge on any atom is -0.405 e. The second kappa shape index (κ2) is 29.3. The van der Waals surface area contributed by atoms with E-state index in [0.29, 0.717) is 11.8 Å². The van der Waals surface area contributed by atoms with Crippen LogP contribution in [0.4, 0.5) is 0 Å². The molecule has 37 heavy (non-hydrogen) atoms. The van der Waals surface area contributed by atoms with Gasteiger partial charge >= 0.3 is 0 Å². The fraction of sp³-hybridized carbons (Fsp3) is 0.455. The lowest BCUT2D eigenvalue weighted by Gasteiger charge is -2.16. The molecule has 210 valence electrons. The van der Waals surface area contributed by atoms with Crippen LogP contribution >= 0.6 is 0 Å². The molecule has 0 saturated heterocycles. The number of rotatable bonds is 10. The summed E-state index contributed by atoms with van der Waals surface area (Å²) in [5.74, 6) is 0.876. The number of hydrogen-bond acceptors (Lipinski definition) is 4. The third-order valence-corrected chi connectivity index (χ3v) is 5.00. The standard InChI is InChI=1S/C21H27N.C5H11N.C3H8.C2H7N.C2H5N/c1-18(22)21(17-16-20-12-6-3-7-13-20)15-9-8-14-19-10-4-2-5-11-19;1-4(2)5(3)6;2*1-3-2;1-2-3/h2-7,10-13,21H,1,8-9,14-17,22H2;4H,3,6H2,1-2H3;3H2,1-2H3;3H,1-2H3;2H,1,3H2. The van der Waals surface area contributed by atoms with Crippen molar-refractivity contribution in [2.24, 2.45) is 29.0 Å². The van der Waals surface area contributed by atoms with E-state index in [1.807, 2.05) is 27.9 Å². The molecule has 4 heteroatoms. The summed E-state index contributed by atoms with van der Waals surface area (Å²) in [6, 6.07) is 21.3. The molecule has 0 radical (unpaired) electrons. The normalized spacial score (nSPS) is 9.92. The lowest BCUT2D eigenvalue weighted by Crippen LogP contribution is -2.12. The summed E-state index contributed by atoms with van der Waals surface area (Å²) < 4.78 is 0. The van der Waals surface area contributed by atoms with Crippen LogP contribution in [-0.4, -0.2) is 14.1 Å². The largest absolute Gasteiger partial charge is 0.405 e. The van der Waals surface area contributed by atoms with Crippen molar-refractivity contribution in [1.82, 2.24) is 5.32 Å². The Balaban J connectivity index is -0.000000636. The van der Waals surface area contributed by atoms with Gasteiger partial charge in [0, 0.05) is 11.4 Å². The summed E-state index contributed by atoms with van der Waals surface area (Å²) in [5.41, 5.74) is 20.3. The summed E-state index contributed by atoms with van der Waals surface area (Å²) in [6.07, 6.45) is 9.42. The maximum absolute atomic E-state index is 6.00. The fourth-order valence-corrected chi connectivity index (χ4v) is 2.87. The van der Waals surface area contributed by atoms with E-state index in [4.69, 9.17) is 11.5 Å². The van der Waals surface area contributed by atoms with Gasteiger partial charge in [0.2, 0.25) is 0 Å². The maximum atomic E-state index is 6.00. The molecule has 0 aliphatic rings. The lowest BCUT2D eigenvalue weighted by molar-refractivity contribution is 0.485. The summed E-state index contributed by atoms with van der Waals surface area (Å²) in [5, 5.41) is 2.75. The van der Waals surface area contributed by atoms with Gasteiger partial charge in [0.1, 0.15) is 0 Å². The molecular weight excluding hydrogens is 452 g/mol. The summed E-state index contributed by atoms with van der Waals surface area (Å²) in [6.45, 7) is 18.9. The number of unbranched alkanes of at least 4 members (excludes halogenated alkanes) is 1. The van der Waals surface area contributed by atoms with Crippen LogP contribution in [0, 0.1) is 11.8 Å². The van der Waals surface area contributed by atoms with E-state index >= 15 is 0 Å². The highest BCUT2D eigenvalue weighted by molar-refractivity contribution is 5.16. The highest BCUT2D eigenvalue weighted by Gasteiger charge is 2.10. The van der Waals surface area contributed by atoms with Crippen molar-refractivity contribution >= 4 is 0 Å². The Morgan fingerprint density at radius 2 is 1.14 bits per heavy atom. The molecule has 0 aliphatic heterocycles. The van der Waals surface area contributed by atoms with Crippen molar-refractivity contribution in [1.29, 1.82) is 0 Å². The van der Waals surface area contributed by atoms with Crippen LogP contribution < -0.4 is 22.5 Å². The Bertz CT molecular complexity index is 752. The Labute approximate surface area is 230 Å². The van der Waals surface area contributed by atoms with E-state index < -0.39 is 0 Å². The van der Waals surface area contributed by atoms with Gasteiger partial charge < -0.3 is 22.5 Å². The molecule has 0 aliphatic carbocycles. The van der Waals surface area contributed by atoms with Crippen LogP contribution in [0.3, 0.4) is 0 Å². The summed E-state index contributed by atoms with van der Waals surface area (Å²) in [4.78, 5) is 0. The first-order valence-electron chi connectivity index (χ1n) is 13.5. The highest BCUT2D eigenvalue weighted by Crippen LogP contribution is 2.21. The summed E-state index contributed by atoms with van der Waals surface area (Å²) in [7, 11) is 3.75. The van der Waals surface area contributed by atoms with Crippen LogP contribution in [-0.2, 0) is 12.8 Å². The first kappa shape index (κ1) is 38.5. The van der Waals surface area contributed by atoms with Gasteiger partial charge in [-0.2, -0.15) is 0 Å². The monoisotopic (exact) mass is 510 g/mol. The first-order valence-corrected chi connectivity index (χ1v) is 13.5. The third-order valence-electron chi connectivity index (χ3n) is 5.00. The topological polar surface area (TPSA) is 90.1 Å². The predicted molar refractivity (Wildman–Crippen MR) is 169 cm³/mol. The Hall–Kier alpha value is -2.98. The zero-order chi connectivity index (χ0) is 28.9. The molecular formula is C33H58N4. The summed E-state index contributed by atoms with van der Waals surface area (Å²) >= 11 is 0. The minimum atomic E-state index is 0.435. The van der Waals surface area contributed by atoms with E-state index in [9.17, 15) is 0 Å². The number of benzene rings is 2. The number of nitrogens with one attached hydrogen (secondary N) is 1. The average molecular weight is 511 g/mol. The van der Waals surface area contributed by atoms with Crippen LogP contribution in [0.5, 0.6) is 0 Å². The molecule has 0 amide bonds. The van der Waals surface area contributed by atoms with Gasteiger partial charge in [-0.15, -0.1) is 0 Å². The molecule has 1 unspecified atom stereocenters. The zero-order valence-corrected chi connectivity index (χ0v) is 24.8. The molecule has 0 heterocycles. The van der Waals surface area contributed by atoms with Crippen molar-refractivity contribution in [2.45, 2.75) is 72.6 Å². The van der Waals surface area contributed by atoms with Crippen molar-refractivity contribution < 1.29 is 0 Å². The van der Waals surface area contributed by atoms with Crippen LogP contribution in [0.25, 0.3) is 0 Å². The molecule has 0 bridgehead atoms. The lowest BCUT2D eigenvalue weighted by atomic mass is 9.91. The molecule has 7 N–H and O–H groups in total.